The Morgan fingerprint density at radius 2 is 2.32 bits per heavy atom. The van der Waals surface area contributed by atoms with E-state index in [-0.39, 0.29) is 12.4 Å². The molecule has 1 aliphatic rings. The molecule has 10 nitrogen and oxygen atoms in total. The number of hydrogen-bond acceptors (Lipinski definition) is 7. The minimum absolute atomic E-state index is 0.107. The highest BCUT2D eigenvalue weighted by Crippen LogP contribution is 2.33. The fourth-order valence-electron chi connectivity index (χ4n) is 1.76. The largest absolute Gasteiger partial charge is 0.393 e. The average Bonchev–Trinajstić information content (AvgIpc) is 2.85. The predicted molar refractivity (Wildman–Crippen MR) is 77.5 cm³/mol. The van der Waals surface area contributed by atoms with Gasteiger partial charge in [-0.15, -0.1) is 11.8 Å². The van der Waals surface area contributed by atoms with E-state index in [1.165, 1.54) is 28.6 Å². The van der Waals surface area contributed by atoms with Crippen molar-refractivity contribution in [3.8, 4) is 0 Å². The number of nitrogens with one attached hydrogen (secondary N) is 1. The van der Waals surface area contributed by atoms with Gasteiger partial charge in [0.15, 0.2) is 0 Å². The lowest BCUT2D eigenvalue weighted by Crippen LogP contribution is -2.29. The molecular weight excluding hydrogens is 337 g/mol. The molecule has 0 saturated carbocycles. The summed E-state index contributed by atoms with van der Waals surface area (Å²) in [4.78, 5) is 44.2. The molecule has 1 aromatic rings. The number of carbonyl (C=O) groups is 1. The maximum atomic E-state index is 11.9. The van der Waals surface area contributed by atoms with E-state index in [9.17, 15) is 14.2 Å². The van der Waals surface area contributed by atoms with Gasteiger partial charge >= 0.3 is 13.3 Å². The SMILES string of the molecule is O=C(CP(=O)(O)O)Nc1ccn([C@@H]2CS[C@H](CO)O2)c(=O)n1. The molecule has 4 N–H and O–H groups in total. The zero-order chi connectivity index (χ0) is 16.3. The van der Waals surface area contributed by atoms with Crippen molar-refractivity contribution in [3.63, 3.8) is 0 Å². The molecule has 1 saturated heterocycles. The van der Waals surface area contributed by atoms with Crippen LogP contribution >= 0.6 is 19.4 Å². The molecule has 0 bridgehead atoms. The van der Waals surface area contributed by atoms with E-state index in [4.69, 9.17) is 19.6 Å². The Labute approximate surface area is 128 Å². The molecule has 1 fully saturated rings. The fourth-order valence-corrected chi connectivity index (χ4v) is 3.14. The highest BCUT2D eigenvalue weighted by atomic mass is 32.2. The van der Waals surface area contributed by atoms with E-state index in [2.05, 4.69) is 10.3 Å². The molecule has 2 heterocycles. The number of rotatable bonds is 5. The quantitative estimate of drug-likeness (QED) is 0.486. The van der Waals surface area contributed by atoms with Crippen LogP contribution in [0.1, 0.15) is 6.23 Å². The molecule has 1 aromatic heterocycles. The van der Waals surface area contributed by atoms with Gasteiger partial charge < -0.3 is 24.9 Å². The van der Waals surface area contributed by atoms with Crippen LogP contribution in [-0.2, 0) is 14.1 Å². The summed E-state index contributed by atoms with van der Waals surface area (Å²) in [5.41, 5.74) is -1.09. The van der Waals surface area contributed by atoms with Crippen molar-refractivity contribution in [2.24, 2.45) is 0 Å². The second kappa shape index (κ2) is 6.90. The lowest BCUT2D eigenvalue weighted by atomic mass is 10.5. The molecule has 0 radical (unpaired) electrons. The Morgan fingerprint density at radius 3 is 2.86 bits per heavy atom. The third kappa shape index (κ3) is 4.63. The van der Waals surface area contributed by atoms with Gasteiger partial charge in [-0.25, -0.2) is 4.79 Å². The van der Waals surface area contributed by atoms with Gasteiger partial charge in [0, 0.05) is 11.9 Å². The summed E-state index contributed by atoms with van der Waals surface area (Å²) in [5.74, 6) is -0.577. The molecule has 122 valence electrons. The van der Waals surface area contributed by atoms with Crippen LogP contribution in [0.5, 0.6) is 0 Å². The van der Waals surface area contributed by atoms with Gasteiger partial charge in [-0.2, -0.15) is 4.98 Å². The average molecular weight is 351 g/mol. The van der Waals surface area contributed by atoms with Crippen molar-refractivity contribution in [3.05, 3.63) is 22.7 Å². The first-order valence-electron chi connectivity index (χ1n) is 6.10. The Kier molecular flexibility index (Phi) is 5.37. The van der Waals surface area contributed by atoms with Crippen LogP contribution < -0.4 is 11.0 Å². The molecule has 0 aliphatic carbocycles. The third-order valence-corrected chi connectivity index (χ3v) is 4.45. The Hall–Kier alpha value is -1.23. The molecular formula is C10H14N3O7PS. The number of amides is 1. The molecule has 2 atom stereocenters. The van der Waals surface area contributed by atoms with Gasteiger partial charge in [-0.05, 0) is 6.07 Å². The van der Waals surface area contributed by atoms with Crippen LogP contribution in [0, 0.1) is 0 Å². The predicted octanol–water partition coefficient (Wildman–Crippen LogP) is -1.06. The first-order valence-corrected chi connectivity index (χ1v) is 8.94. The fraction of sp³-hybridized carbons (Fsp3) is 0.500. The number of nitrogens with zero attached hydrogens (tertiary/aromatic N) is 2. The van der Waals surface area contributed by atoms with E-state index in [0.29, 0.717) is 5.75 Å². The van der Waals surface area contributed by atoms with Gasteiger partial charge in [0.05, 0.1) is 6.61 Å². The molecule has 22 heavy (non-hydrogen) atoms. The van der Waals surface area contributed by atoms with Crippen molar-refractivity contribution in [1.82, 2.24) is 9.55 Å². The first kappa shape index (κ1) is 17.1. The zero-order valence-corrected chi connectivity index (χ0v) is 12.9. The summed E-state index contributed by atoms with van der Waals surface area (Å²) in [6, 6.07) is 1.32. The third-order valence-electron chi connectivity index (χ3n) is 2.64. The van der Waals surface area contributed by atoms with Crippen molar-refractivity contribution >= 4 is 31.1 Å². The van der Waals surface area contributed by atoms with Gasteiger partial charge in [0.1, 0.15) is 23.6 Å². The lowest BCUT2D eigenvalue weighted by molar-refractivity contribution is -0.114. The normalized spacial score (nSPS) is 21.8. The summed E-state index contributed by atoms with van der Waals surface area (Å²) in [5, 5.41) is 11.1. The van der Waals surface area contributed by atoms with Crippen LogP contribution in [0.3, 0.4) is 0 Å². The minimum atomic E-state index is -4.48. The number of ether oxygens (including phenoxy) is 1. The number of thioether (sulfide) groups is 1. The molecule has 0 aromatic carbocycles. The lowest BCUT2D eigenvalue weighted by Gasteiger charge is -2.14. The minimum Gasteiger partial charge on any atom is -0.393 e. The van der Waals surface area contributed by atoms with Crippen LogP contribution in [0.2, 0.25) is 0 Å². The smallest absolute Gasteiger partial charge is 0.351 e. The molecule has 2 rings (SSSR count). The van der Waals surface area contributed by atoms with E-state index in [1.54, 1.807) is 0 Å². The second-order valence-electron chi connectivity index (χ2n) is 4.41. The first-order chi connectivity index (χ1) is 10.3. The van der Waals surface area contributed by atoms with Gasteiger partial charge in [-0.3, -0.25) is 13.9 Å². The summed E-state index contributed by atoms with van der Waals surface area (Å²) in [6.45, 7) is -0.167. The van der Waals surface area contributed by atoms with E-state index in [1.807, 2.05) is 0 Å². The Bertz CT molecular complexity index is 660. The van der Waals surface area contributed by atoms with Crippen molar-refractivity contribution in [2.45, 2.75) is 11.7 Å². The van der Waals surface area contributed by atoms with Crippen molar-refractivity contribution < 1.29 is 29.0 Å². The topological polar surface area (TPSA) is 151 Å². The molecule has 0 unspecified atom stereocenters. The highest BCUT2D eigenvalue weighted by molar-refractivity contribution is 8.00. The van der Waals surface area contributed by atoms with E-state index in [0.717, 1.165) is 0 Å². The molecule has 12 heteroatoms. The standard InChI is InChI=1S/C10H14N3O7PS/c14-3-9-20-8(5-22-9)13-2-1-6(12-10(13)16)11-7(15)4-21(17,18)19/h1-2,8-9,14H,3-5H2,(H2,17,18,19)(H,11,12,15,16)/t8-,9+/m0/s1. The monoisotopic (exact) mass is 351 g/mol. The van der Waals surface area contributed by atoms with E-state index < -0.39 is 37.0 Å². The van der Waals surface area contributed by atoms with Crippen LogP contribution in [0.15, 0.2) is 17.1 Å². The molecule has 0 spiro atoms. The maximum Gasteiger partial charge on any atom is 0.351 e. The highest BCUT2D eigenvalue weighted by Gasteiger charge is 2.27. The number of aliphatic hydroxyl groups is 1. The zero-order valence-electron chi connectivity index (χ0n) is 11.2. The van der Waals surface area contributed by atoms with Crippen molar-refractivity contribution in [1.29, 1.82) is 0 Å². The van der Waals surface area contributed by atoms with Crippen LogP contribution in [0.25, 0.3) is 0 Å². The Morgan fingerprint density at radius 1 is 1.59 bits per heavy atom. The summed E-state index contributed by atoms with van der Waals surface area (Å²) in [7, 11) is -4.48. The van der Waals surface area contributed by atoms with E-state index >= 15 is 0 Å². The van der Waals surface area contributed by atoms with Gasteiger partial charge in [0.25, 0.3) is 0 Å². The number of aromatic nitrogens is 2. The summed E-state index contributed by atoms with van der Waals surface area (Å²) in [6.07, 6.45) is -0.201. The van der Waals surface area contributed by atoms with Gasteiger partial charge in [-0.1, -0.05) is 0 Å². The Balaban J connectivity index is 2.06. The van der Waals surface area contributed by atoms with Gasteiger partial charge in [0.2, 0.25) is 5.91 Å². The second-order valence-corrected chi connectivity index (χ2v) is 7.25. The summed E-state index contributed by atoms with van der Waals surface area (Å²) >= 11 is 1.36. The number of carbonyl (C=O) groups excluding carboxylic acids is 1. The summed E-state index contributed by atoms with van der Waals surface area (Å²) < 4.78 is 17.3. The molecule has 1 amide bonds. The number of hydrogen-bond donors (Lipinski definition) is 4. The molecule has 1 aliphatic heterocycles. The maximum absolute atomic E-state index is 11.9. The number of aliphatic hydroxyl groups excluding tert-OH is 1. The van der Waals surface area contributed by atoms with Crippen molar-refractivity contribution in [2.75, 3.05) is 23.8 Å². The number of anilines is 1. The van der Waals surface area contributed by atoms with Crippen LogP contribution in [0.4, 0.5) is 5.82 Å². The van der Waals surface area contributed by atoms with Crippen LogP contribution in [-0.4, -0.2) is 54.3 Å².